The molecular formula is C12H19F3N4. The van der Waals surface area contributed by atoms with E-state index in [9.17, 15) is 13.2 Å². The van der Waals surface area contributed by atoms with Gasteiger partial charge in [0.1, 0.15) is 17.6 Å². The monoisotopic (exact) mass is 276 g/mol. The van der Waals surface area contributed by atoms with Crippen LogP contribution in [0.1, 0.15) is 25.7 Å². The third-order valence-corrected chi connectivity index (χ3v) is 3.81. The van der Waals surface area contributed by atoms with Gasteiger partial charge in [-0.2, -0.15) is 13.2 Å². The molecule has 2 rings (SSSR count). The molecule has 7 heteroatoms. The highest BCUT2D eigenvalue weighted by Crippen LogP contribution is 2.36. The molecule has 0 spiro atoms. The first-order valence-corrected chi connectivity index (χ1v) is 6.50. The first-order valence-electron chi connectivity index (χ1n) is 6.50. The summed E-state index contributed by atoms with van der Waals surface area (Å²) >= 11 is 0. The lowest BCUT2D eigenvalue weighted by Gasteiger charge is -2.19. The van der Waals surface area contributed by atoms with Crippen LogP contribution in [-0.4, -0.2) is 25.1 Å². The smallest absolute Gasteiger partial charge is 0.385 e. The molecule has 0 aromatic carbocycles. The molecule has 0 radical (unpaired) electrons. The fraction of sp³-hybridized carbons (Fsp3) is 0.750. The molecule has 0 bridgehead atoms. The SMILES string of the molecule is NC1=NCC(C(F)(F)F)C1=C(N)NCC1CCCC1. The quantitative estimate of drug-likeness (QED) is 0.731. The molecule has 5 N–H and O–H groups in total. The second-order valence-corrected chi connectivity index (χ2v) is 5.18. The van der Waals surface area contributed by atoms with Crippen molar-refractivity contribution >= 4 is 5.84 Å². The molecule has 1 unspecified atom stereocenters. The molecule has 1 saturated carbocycles. The lowest BCUT2D eigenvalue weighted by atomic mass is 10.00. The number of nitrogens with one attached hydrogen (secondary N) is 1. The molecule has 0 amide bonds. The summed E-state index contributed by atoms with van der Waals surface area (Å²) in [6, 6.07) is 0. The summed E-state index contributed by atoms with van der Waals surface area (Å²) in [5.41, 5.74) is 11.2. The maximum Gasteiger partial charge on any atom is 0.397 e. The van der Waals surface area contributed by atoms with Gasteiger partial charge in [0.05, 0.1) is 6.54 Å². The van der Waals surface area contributed by atoms with E-state index in [0.29, 0.717) is 12.5 Å². The molecule has 2 aliphatic rings. The number of alkyl halides is 3. The van der Waals surface area contributed by atoms with Gasteiger partial charge in [0.25, 0.3) is 0 Å². The summed E-state index contributed by atoms with van der Waals surface area (Å²) < 4.78 is 38.5. The number of aliphatic imine (C=N–C) groups is 1. The van der Waals surface area contributed by atoms with Crippen LogP contribution in [0, 0.1) is 11.8 Å². The lowest BCUT2D eigenvalue weighted by Crippen LogP contribution is -2.35. The Kier molecular flexibility index (Phi) is 3.91. The van der Waals surface area contributed by atoms with E-state index in [2.05, 4.69) is 10.3 Å². The number of hydrogen-bond acceptors (Lipinski definition) is 4. The third kappa shape index (κ3) is 3.13. The minimum Gasteiger partial charge on any atom is -0.385 e. The Balaban J connectivity index is 2.06. The topological polar surface area (TPSA) is 76.4 Å². The van der Waals surface area contributed by atoms with Gasteiger partial charge in [-0.15, -0.1) is 0 Å². The van der Waals surface area contributed by atoms with Gasteiger partial charge in [0, 0.05) is 12.1 Å². The lowest BCUT2D eigenvalue weighted by molar-refractivity contribution is -0.158. The highest BCUT2D eigenvalue weighted by molar-refractivity contribution is 5.99. The largest absolute Gasteiger partial charge is 0.397 e. The van der Waals surface area contributed by atoms with Crippen molar-refractivity contribution in [3.05, 3.63) is 11.4 Å². The van der Waals surface area contributed by atoms with Crippen LogP contribution in [0.15, 0.2) is 16.4 Å². The Morgan fingerprint density at radius 3 is 2.53 bits per heavy atom. The number of hydrogen-bond donors (Lipinski definition) is 3. The van der Waals surface area contributed by atoms with E-state index in [1.54, 1.807) is 0 Å². The highest BCUT2D eigenvalue weighted by atomic mass is 19.4. The molecule has 4 nitrogen and oxygen atoms in total. The molecule has 1 atom stereocenters. The Morgan fingerprint density at radius 2 is 1.95 bits per heavy atom. The molecule has 0 saturated heterocycles. The molecule has 0 aromatic heterocycles. The molecule has 1 heterocycles. The minimum absolute atomic E-state index is 0.0213. The van der Waals surface area contributed by atoms with Crippen molar-refractivity contribution in [3.8, 4) is 0 Å². The Hall–Kier alpha value is -1.40. The van der Waals surface area contributed by atoms with E-state index in [4.69, 9.17) is 11.5 Å². The van der Waals surface area contributed by atoms with E-state index in [1.165, 1.54) is 12.8 Å². The predicted octanol–water partition coefficient (Wildman–Crippen LogP) is 1.49. The second kappa shape index (κ2) is 5.30. The molecule has 1 fully saturated rings. The third-order valence-electron chi connectivity index (χ3n) is 3.81. The summed E-state index contributed by atoms with van der Waals surface area (Å²) in [5.74, 6) is -1.27. The van der Waals surface area contributed by atoms with Gasteiger partial charge < -0.3 is 16.8 Å². The van der Waals surface area contributed by atoms with Crippen LogP contribution in [-0.2, 0) is 0 Å². The van der Waals surface area contributed by atoms with Gasteiger partial charge in [-0.05, 0) is 18.8 Å². The molecule has 1 aliphatic heterocycles. The van der Waals surface area contributed by atoms with E-state index in [1.807, 2.05) is 0 Å². The predicted molar refractivity (Wildman–Crippen MR) is 67.2 cm³/mol. The van der Waals surface area contributed by atoms with Crippen molar-refractivity contribution < 1.29 is 13.2 Å². The van der Waals surface area contributed by atoms with Gasteiger partial charge in [-0.1, -0.05) is 12.8 Å². The van der Waals surface area contributed by atoms with E-state index in [0.717, 1.165) is 12.8 Å². The van der Waals surface area contributed by atoms with Crippen LogP contribution >= 0.6 is 0 Å². The van der Waals surface area contributed by atoms with Crippen LogP contribution in [0.2, 0.25) is 0 Å². The van der Waals surface area contributed by atoms with Crippen LogP contribution in [0.25, 0.3) is 0 Å². The number of nitrogens with zero attached hydrogens (tertiary/aromatic N) is 1. The summed E-state index contributed by atoms with van der Waals surface area (Å²) in [4.78, 5) is 3.66. The van der Waals surface area contributed by atoms with Crippen molar-refractivity contribution in [2.75, 3.05) is 13.1 Å². The summed E-state index contributed by atoms with van der Waals surface area (Å²) in [7, 11) is 0. The van der Waals surface area contributed by atoms with Crippen molar-refractivity contribution in [1.29, 1.82) is 0 Å². The molecule has 19 heavy (non-hydrogen) atoms. The Labute approximate surface area is 110 Å². The van der Waals surface area contributed by atoms with Crippen molar-refractivity contribution in [1.82, 2.24) is 5.32 Å². The van der Waals surface area contributed by atoms with Gasteiger partial charge >= 0.3 is 6.18 Å². The Bertz CT molecular complexity index is 394. The van der Waals surface area contributed by atoms with Gasteiger partial charge in [0.15, 0.2) is 0 Å². The van der Waals surface area contributed by atoms with Crippen molar-refractivity contribution in [3.63, 3.8) is 0 Å². The molecule has 1 aliphatic carbocycles. The highest BCUT2D eigenvalue weighted by Gasteiger charge is 2.46. The molecule has 108 valence electrons. The van der Waals surface area contributed by atoms with E-state index in [-0.39, 0.29) is 23.8 Å². The van der Waals surface area contributed by atoms with Crippen LogP contribution in [0.3, 0.4) is 0 Å². The maximum absolute atomic E-state index is 12.8. The summed E-state index contributed by atoms with van der Waals surface area (Å²) in [5, 5.41) is 2.90. The van der Waals surface area contributed by atoms with Crippen LogP contribution in [0.4, 0.5) is 13.2 Å². The Morgan fingerprint density at radius 1 is 1.32 bits per heavy atom. The average molecular weight is 276 g/mol. The number of rotatable bonds is 3. The second-order valence-electron chi connectivity index (χ2n) is 5.18. The van der Waals surface area contributed by atoms with E-state index < -0.39 is 12.1 Å². The van der Waals surface area contributed by atoms with Gasteiger partial charge in [0.2, 0.25) is 0 Å². The fourth-order valence-electron chi connectivity index (χ4n) is 2.70. The summed E-state index contributed by atoms with van der Waals surface area (Å²) in [6.07, 6.45) is 0.193. The zero-order valence-electron chi connectivity index (χ0n) is 10.6. The van der Waals surface area contributed by atoms with E-state index >= 15 is 0 Å². The number of halogens is 3. The average Bonchev–Trinajstić information content (AvgIpc) is 2.93. The van der Waals surface area contributed by atoms with Crippen LogP contribution in [0.5, 0.6) is 0 Å². The minimum atomic E-state index is -4.36. The maximum atomic E-state index is 12.8. The number of nitrogens with two attached hydrogens (primary N) is 2. The first-order chi connectivity index (χ1) is 8.89. The summed E-state index contributed by atoms with van der Waals surface area (Å²) in [6.45, 7) is 0.240. The normalized spacial score (nSPS) is 27.5. The number of amidine groups is 1. The molecule has 0 aromatic rings. The molecular weight excluding hydrogens is 257 g/mol. The van der Waals surface area contributed by atoms with Gasteiger partial charge in [-0.3, -0.25) is 4.99 Å². The first kappa shape index (κ1) is 14.0. The zero-order valence-corrected chi connectivity index (χ0v) is 10.6. The zero-order chi connectivity index (χ0) is 14.0. The van der Waals surface area contributed by atoms with Crippen LogP contribution < -0.4 is 16.8 Å². The fourth-order valence-corrected chi connectivity index (χ4v) is 2.70. The van der Waals surface area contributed by atoms with Crippen molar-refractivity contribution in [2.24, 2.45) is 28.3 Å². The van der Waals surface area contributed by atoms with Gasteiger partial charge in [-0.25, -0.2) is 0 Å². The van der Waals surface area contributed by atoms with Crippen molar-refractivity contribution in [2.45, 2.75) is 31.9 Å². The standard InChI is InChI=1S/C12H19F3N4/c13-12(14,15)8-6-19-11(17)9(8)10(16)18-5-7-3-1-2-4-7/h7-8,18H,1-6,16H2,(H2,17,19).